The molecule has 1 N–H and O–H groups in total. The second-order valence-corrected chi connectivity index (χ2v) is 5.61. The molecule has 0 fully saturated rings. The van der Waals surface area contributed by atoms with Crippen LogP contribution in [0.25, 0.3) is 0 Å². The van der Waals surface area contributed by atoms with Gasteiger partial charge in [0.05, 0.1) is 16.1 Å². The first-order valence-electron chi connectivity index (χ1n) is 6.70. The first-order valence-corrected chi connectivity index (χ1v) is 7.46. The van der Waals surface area contributed by atoms with Crippen molar-refractivity contribution in [3.05, 3.63) is 58.1 Å². The first-order chi connectivity index (χ1) is 10.2. The first kappa shape index (κ1) is 14.5. The number of rotatable bonds is 3. The van der Waals surface area contributed by atoms with Crippen molar-refractivity contribution >= 4 is 23.2 Å². The maximum absolute atomic E-state index is 6.32. The number of benzene rings is 2. The highest BCUT2D eigenvalue weighted by Crippen LogP contribution is 2.37. The Labute approximate surface area is 133 Å². The Morgan fingerprint density at radius 1 is 1.10 bits per heavy atom. The molecule has 3 rings (SSSR count). The number of hydrogen-bond acceptors (Lipinski definition) is 3. The Morgan fingerprint density at radius 3 is 2.62 bits per heavy atom. The molecule has 0 saturated heterocycles. The van der Waals surface area contributed by atoms with Gasteiger partial charge in [0, 0.05) is 0 Å². The number of fused-ring (bicyclic) bond motifs is 1. The van der Waals surface area contributed by atoms with Gasteiger partial charge in [-0.2, -0.15) is 0 Å². The molecule has 3 nitrogen and oxygen atoms in total. The summed E-state index contributed by atoms with van der Waals surface area (Å²) in [6.07, 6.45) is -0.180. The fraction of sp³-hybridized carbons (Fsp3) is 0.250. The Balaban J connectivity index is 1.90. The van der Waals surface area contributed by atoms with E-state index in [-0.39, 0.29) is 12.1 Å². The quantitative estimate of drug-likeness (QED) is 0.922. The standard InChI is InChI=1S/C16H15Cl2NO2/c1-19-16(10-5-4-6-11(17)15(10)18)14-9-20-12-7-2-3-8-13(12)21-14/h2-8,14,16,19H,9H2,1H3. The van der Waals surface area contributed by atoms with Crippen LogP contribution in [0.2, 0.25) is 10.0 Å². The van der Waals surface area contributed by atoms with Crippen LogP contribution < -0.4 is 14.8 Å². The summed E-state index contributed by atoms with van der Waals surface area (Å²) in [4.78, 5) is 0. The van der Waals surface area contributed by atoms with Crippen molar-refractivity contribution in [2.75, 3.05) is 13.7 Å². The Morgan fingerprint density at radius 2 is 1.86 bits per heavy atom. The average Bonchev–Trinajstić information content (AvgIpc) is 2.52. The topological polar surface area (TPSA) is 30.5 Å². The molecule has 0 amide bonds. The number of nitrogens with one attached hydrogen (secondary N) is 1. The van der Waals surface area contributed by atoms with Crippen LogP contribution in [0.5, 0.6) is 11.5 Å². The third-order valence-electron chi connectivity index (χ3n) is 3.53. The average molecular weight is 324 g/mol. The summed E-state index contributed by atoms with van der Waals surface area (Å²) < 4.78 is 11.8. The van der Waals surface area contributed by atoms with Crippen molar-refractivity contribution < 1.29 is 9.47 Å². The van der Waals surface area contributed by atoms with Crippen molar-refractivity contribution in [3.8, 4) is 11.5 Å². The molecule has 0 bridgehead atoms. The van der Waals surface area contributed by atoms with E-state index in [4.69, 9.17) is 32.7 Å². The number of hydrogen-bond donors (Lipinski definition) is 1. The van der Waals surface area contributed by atoms with Crippen molar-refractivity contribution in [3.63, 3.8) is 0 Å². The summed E-state index contributed by atoms with van der Waals surface area (Å²) in [6.45, 7) is 0.450. The monoisotopic (exact) mass is 323 g/mol. The zero-order valence-electron chi connectivity index (χ0n) is 11.5. The lowest BCUT2D eigenvalue weighted by molar-refractivity contribution is 0.0638. The van der Waals surface area contributed by atoms with Gasteiger partial charge >= 0.3 is 0 Å². The smallest absolute Gasteiger partial charge is 0.161 e. The van der Waals surface area contributed by atoms with Crippen molar-refractivity contribution in [2.24, 2.45) is 0 Å². The van der Waals surface area contributed by atoms with Gasteiger partial charge < -0.3 is 14.8 Å². The van der Waals surface area contributed by atoms with E-state index < -0.39 is 0 Å². The van der Waals surface area contributed by atoms with Gasteiger partial charge in [-0.1, -0.05) is 47.5 Å². The van der Waals surface area contributed by atoms with Gasteiger partial charge in [0.2, 0.25) is 0 Å². The molecular weight excluding hydrogens is 309 g/mol. The Bertz CT molecular complexity index is 648. The third kappa shape index (κ3) is 2.82. The van der Waals surface area contributed by atoms with Gasteiger partial charge in [0.25, 0.3) is 0 Å². The number of halogens is 2. The van der Waals surface area contributed by atoms with Crippen LogP contribution in [-0.2, 0) is 0 Å². The third-order valence-corrected chi connectivity index (χ3v) is 4.36. The molecule has 0 saturated carbocycles. The molecule has 2 aromatic rings. The molecule has 2 aromatic carbocycles. The minimum Gasteiger partial charge on any atom is -0.486 e. The lowest BCUT2D eigenvalue weighted by Crippen LogP contribution is -2.40. The molecule has 0 spiro atoms. The lowest BCUT2D eigenvalue weighted by Gasteiger charge is -2.32. The molecule has 0 aliphatic carbocycles. The Kier molecular flexibility index (Phi) is 4.24. The summed E-state index contributed by atoms with van der Waals surface area (Å²) in [5.41, 5.74) is 0.902. The Hall–Kier alpha value is -1.42. The predicted molar refractivity (Wildman–Crippen MR) is 84.6 cm³/mol. The van der Waals surface area contributed by atoms with E-state index in [0.717, 1.165) is 17.1 Å². The largest absolute Gasteiger partial charge is 0.486 e. The van der Waals surface area contributed by atoms with E-state index in [0.29, 0.717) is 16.7 Å². The van der Waals surface area contributed by atoms with Crippen LogP contribution in [-0.4, -0.2) is 19.8 Å². The minimum absolute atomic E-state index is 0.107. The summed E-state index contributed by atoms with van der Waals surface area (Å²) in [7, 11) is 1.87. The second kappa shape index (κ2) is 6.14. The van der Waals surface area contributed by atoms with Crippen LogP contribution >= 0.6 is 23.2 Å². The highest BCUT2D eigenvalue weighted by atomic mass is 35.5. The molecule has 21 heavy (non-hydrogen) atoms. The highest BCUT2D eigenvalue weighted by Gasteiger charge is 2.30. The predicted octanol–water partition coefficient (Wildman–Crippen LogP) is 4.09. The number of para-hydroxylation sites is 2. The van der Waals surface area contributed by atoms with Gasteiger partial charge in [-0.05, 0) is 30.8 Å². The second-order valence-electron chi connectivity index (χ2n) is 4.82. The molecule has 1 aliphatic rings. The van der Waals surface area contributed by atoms with Gasteiger partial charge in [-0.15, -0.1) is 0 Å². The van der Waals surface area contributed by atoms with Crippen molar-refractivity contribution in [2.45, 2.75) is 12.1 Å². The number of ether oxygens (including phenoxy) is 2. The molecule has 1 aliphatic heterocycles. The molecule has 0 radical (unpaired) electrons. The molecule has 2 unspecified atom stereocenters. The normalized spacial score (nSPS) is 18.3. The molecule has 0 aromatic heterocycles. The van der Waals surface area contributed by atoms with Crippen molar-refractivity contribution in [1.29, 1.82) is 0 Å². The maximum Gasteiger partial charge on any atom is 0.161 e. The van der Waals surface area contributed by atoms with E-state index in [1.165, 1.54) is 0 Å². The molecular formula is C16H15Cl2NO2. The van der Waals surface area contributed by atoms with E-state index >= 15 is 0 Å². The highest BCUT2D eigenvalue weighted by molar-refractivity contribution is 6.42. The summed E-state index contributed by atoms with van der Waals surface area (Å²) in [6, 6.07) is 13.1. The fourth-order valence-corrected chi connectivity index (χ4v) is 2.93. The SMILES string of the molecule is CNC(c1cccc(Cl)c1Cl)C1COc2ccccc2O1. The van der Waals surface area contributed by atoms with Gasteiger partial charge in [-0.3, -0.25) is 0 Å². The van der Waals surface area contributed by atoms with Crippen LogP contribution in [0, 0.1) is 0 Å². The molecule has 2 atom stereocenters. The van der Waals surface area contributed by atoms with E-state index in [1.54, 1.807) is 6.07 Å². The van der Waals surface area contributed by atoms with Crippen LogP contribution in [0.1, 0.15) is 11.6 Å². The summed E-state index contributed by atoms with van der Waals surface area (Å²) in [5, 5.41) is 4.32. The van der Waals surface area contributed by atoms with Crippen LogP contribution in [0.4, 0.5) is 0 Å². The van der Waals surface area contributed by atoms with Gasteiger partial charge in [0.15, 0.2) is 17.6 Å². The van der Waals surface area contributed by atoms with E-state index in [9.17, 15) is 0 Å². The van der Waals surface area contributed by atoms with Gasteiger partial charge in [-0.25, -0.2) is 0 Å². The number of likely N-dealkylation sites (N-methyl/N-ethyl adjacent to an activating group) is 1. The summed E-state index contributed by atoms with van der Waals surface area (Å²) in [5.74, 6) is 1.51. The van der Waals surface area contributed by atoms with Crippen LogP contribution in [0.3, 0.4) is 0 Å². The maximum atomic E-state index is 6.32. The van der Waals surface area contributed by atoms with Gasteiger partial charge in [0.1, 0.15) is 6.61 Å². The lowest BCUT2D eigenvalue weighted by atomic mass is 10.0. The zero-order valence-corrected chi connectivity index (χ0v) is 13.0. The molecule has 5 heteroatoms. The fourth-order valence-electron chi connectivity index (χ4n) is 2.50. The van der Waals surface area contributed by atoms with Crippen molar-refractivity contribution in [1.82, 2.24) is 5.32 Å². The van der Waals surface area contributed by atoms with E-state index in [2.05, 4.69) is 5.32 Å². The van der Waals surface area contributed by atoms with Crippen LogP contribution in [0.15, 0.2) is 42.5 Å². The molecule has 1 heterocycles. The zero-order chi connectivity index (χ0) is 14.8. The minimum atomic E-state index is -0.180. The van der Waals surface area contributed by atoms with E-state index in [1.807, 2.05) is 43.4 Å². The summed E-state index contributed by atoms with van der Waals surface area (Å²) >= 11 is 12.4. The molecule has 110 valence electrons.